The fourth-order valence-electron chi connectivity index (χ4n) is 1.37. The van der Waals surface area contributed by atoms with Gasteiger partial charge in [0.2, 0.25) is 0 Å². The van der Waals surface area contributed by atoms with Gasteiger partial charge in [0.05, 0.1) is 21.2 Å². The first-order valence-corrected chi connectivity index (χ1v) is 6.69. The minimum Gasteiger partial charge on any atom is -0.506 e. The van der Waals surface area contributed by atoms with Crippen molar-refractivity contribution >= 4 is 23.2 Å². The molecule has 0 saturated carbocycles. The third-order valence-electron chi connectivity index (χ3n) is 2.55. The van der Waals surface area contributed by atoms with Crippen molar-refractivity contribution in [1.29, 1.82) is 0 Å². The number of rotatable bonds is 0. The zero-order valence-electron chi connectivity index (χ0n) is 11.8. The monoisotopic (exact) mass is 444 g/mol. The Morgan fingerprint density at radius 3 is 1.12 bits per heavy atom. The number of phenolic OH excluding ortho intramolecular Hbond substituents is 2. The van der Waals surface area contributed by atoms with Gasteiger partial charge >= 0.3 is 12.4 Å². The Morgan fingerprint density at radius 1 is 0.640 bits per heavy atom. The van der Waals surface area contributed by atoms with E-state index in [1.807, 2.05) is 0 Å². The first kappa shape index (κ1) is 23.7. The second-order valence-corrected chi connectivity index (χ2v) is 5.14. The normalized spacial score (nSPS) is 11.2. The molecular weight excluding hydrogens is 437 g/mol. The van der Waals surface area contributed by atoms with Crippen LogP contribution in [0.25, 0.3) is 0 Å². The molecule has 2 nitrogen and oxygen atoms in total. The molecule has 0 aliphatic heterocycles. The van der Waals surface area contributed by atoms with Gasteiger partial charge in [0.1, 0.15) is 11.5 Å². The summed E-state index contributed by atoms with van der Waals surface area (Å²) in [6.45, 7) is 0. The molecular formula is C14H8Cl2CrF6O2. The van der Waals surface area contributed by atoms with E-state index >= 15 is 0 Å². The summed E-state index contributed by atoms with van der Waals surface area (Å²) in [5.41, 5.74) is -1.74. The Kier molecular flexibility index (Phi) is 8.45. The van der Waals surface area contributed by atoms with Crippen molar-refractivity contribution in [3.8, 4) is 11.5 Å². The van der Waals surface area contributed by atoms with Crippen molar-refractivity contribution in [2.75, 3.05) is 0 Å². The first-order chi connectivity index (χ1) is 10.8. The maximum absolute atomic E-state index is 12.0. The second-order valence-electron chi connectivity index (χ2n) is 4.33. The molecule has 0 unspecified atom stereocenters. The van der Waals surface area contributed by atoms with E-state index in [1.54, 1.807) is 0 Å². The number of phenols is 2. The van der Waals surface area contributed by atoms with Crippen molar-refractivity contribution < 1.29 is 53.9 Å². The van der Waals surface area contributed by atoms with Gasteiger partial charge in [-0.2, -0.15) is 26.3 Å². The molecule has 0 fully saturated rings. The summed E-state index contributed by atoms with van der Waals surface area (Å²) in [5.74, 6) is -0.714. The quantitative estimate of drug-likeness (QED) is 0.480. The number of hydrogen-bond acceptors (Lipinski definition) is 2. The van der Waals surface area contributed by atoms with Gasteiger partial charge in [0.15, 0.2) is 0 Å². The zero-order chi connectivity index (χ0) is 18.7. The molecule has 2 aromatic rings. The van der Waals surface area contributed by atoms with E-state index in [9.17, 15) is 26.3 Å². The Labute approximate surface area is 158 Å². The van der Waals surface area contributed by atoms with Crippen molar-refractivity contribution in [2.24, 2.45) is 0 Å². The number of halogens is 8. The standard InChI is InChI=1S/2C7H4ClF3O.Cr/c2*8-5-3-4(7(9,10)11)1-2-6(5)12;/h2*1-3,12H;. The van der Waals surface area contributed by atoms with Crippen LogP contribution in [0, 0.1) is 0 Å². The molecule has 11 heteroatoms. The molecule has 0 atom stereocenters. The molecule has 2 aromatic carbocycles. The molecule has 0 radical (unpaired) electrons. The molecule has 138 valence electrons. The smallest absolute Gasteiger partial charge is 0.416 e. The van der Waals surface area contributed by atoms with E-state index in [-0.39, 0.29) is 38.9 Å². The Hall–Kier alpha value is -1.27. The van der Waals surface area contributed by atoms with Crippen LogP contribution >= 0.6 is 23.2 Å². The maximum atomic E-state index is 12.0. The average molecular weight is 445 g/mol. The Morgan fingerprint density at radius 2 is 0.920 bits per heavy atom. The molecule has 0 aliphatic rings. The van der Waals surface area contributed by atoms with Crippen molar-refractivity contribution in [3.63, 3.8) is 0 Å². The van der Waals surface area contributed by atoms with E-state index in [0.29, 0.717) is 12.1 Å². The molecule has 2 rings (SSSR count). The molecule has 0 bridgehead atoms. The predicted octanol–water partition coefficient (Wildman–Crippen LogP) is 6.13. The first-order valence-electron chi connectivity index (χ1n) is 5.94. The molecule has 0 saturated heterocycles. The van der Waals surface area contributed by atoms with Crippen LogP contribution in [-0.2, 0) is 29.7 Å². The molecule has 25 heavy (non-hydrogen) atoms. The van der Waals surface area contributed by atoms with Crippen LogP contribution < -0.4 is 0 Å². The summed E-state index contributed by atoms with van der Waals surface area (Å²) in [5, 5.41) is 17.0. The van der Waals surface area contributed by atoms with E-state index < -0.39 is 23.5 Å². The fourth-order valence-corrected chi connectivity index (χ4v) is 1.73. The van der Waals surface area contributed by atoms with Crippen molar-refractivity contribution in [2.45, 2.75) is 12.4 Å². The van der Waals surface area contributed by atoms with Crippen LogP contribution in [0.5, 0.6) is 11.5 Å². The predicted molar refractivity (Wildman–Crippen MR) is 76.2 cm³/mol. The summed E-state index contributed by atoms with van der Waals surface area (Å²) >= 11 is 10.5. The second kappa shape index (κ2) is 8.90. The summed E-state index contributed by atoms with van der Waals surface area (Å²) in [6, 6.07) is 4.70. The minimum absolute atomic E-state index is 0. The largest absolute Gasteiger partial charge is 0.506 e. The summed E-state index contributed by atoms with van der Waals surface area (Å²) in [7, 11) is 0. The van der Waals surface area contributed by atoms with E-state index in [2.05, 4.69) is 0 Å². The van der Waals surface area contributed by atoms with Gasteiger partial charge in [-0.1, -0.05) is 23.2 Å². The number of alkyl halides is 6. The minimum atomic E-state index is -4.42. The molecule has 0 aromatic heterocycles. The van der Waals surface area contributed by atoms with Crippen LogP contribution in [0.4, 0.5) is 26.3 Å². The van der Waals surface area contributed by atoms with Gasteiger partial charge in [-0.3, -0.25) is 0 Å². The maximum Gasteiger partial charge on any atom is 0.416 e. The number of benzene rings is 2. The summed E-state index contributed by atoms with van der Waals surface area (Å²) in [4.78, 5) is 0. The van der Waals surface area contributed by atoms with Gasteiger partial charge in [0.25, 0.3) is 0 Å². The number of aromatic hydroxyl groups is 2. The van der Waals surface area contributed by atoms with Crippen LogP contribution in [0.3, 0.4) is 0 Å². The Bertz CT molecular complexity index is 658. The van der Waals surface area contributed by atoms with Gasteiger partial charge < -0.3 is 10.2 Å². The van der Waals surface area contributed by atoms with Gasteiger partial charge in [-0.05, 0) is 36.4 Å². The van der Waals surface area contributed by atoms with Gasteiger partial charge in [-0.15, -0.1) is 0 Å². The van der Waals surface area contributed by atoms with E-state index in [1.165, 1.54) is 0 Å². The molecule has 0 amide bonds. The third kappa shape index (κ3) is 7.24. The van der Waals surface area contributed by atoms with E-state index in [0.717, 1.165) is 24.3 Å². The Balaban J connectivity index is 0.000000443. The van der Waals surface area contributed by atoms with E-state index in [4.69, 9.17) is 33.4 Å². The van der Waals surface area contributed by atoms with Crippen LogP contribution in [0.2, 0.25) is 10.0 Å². The SMILES string of the molecule is Oc1ccc(C(F)(F)F)cc1Cl.Oc1ccc(C(F)(F)F)cc1Cl.[Cr]. The van der Waals surface area contributed by atoms with Gasteiger partial charge in [-0.25, -0.2) is 0 Å². The van der Waals surface area contributed by atoms with Crippen LogP contribution in [-0.4, -0.2) is 10.2 Å². The molecule has 0 spiro atoms. The zero-order valence-corrected chi connectivity index (χ0v) is 14.6. The summed E-state index contributed by atoms with van der Waals surface area (Å²) in [6.07, 6.45) is -8.84. The van der Waals surface area contributed by atoms with Crippen LogP contribution in [0.1, 0.15) is 11.1 Å². The topological polar surface area (TPSA) is 40.5 Å². The van der Waals surface area contributed by atoms with Crippen molar-refractivity contribution in [1.82, 2.24) is 0 Å². The fraction of sp³-hybridized carbons (Fsp3) is 0.143. The third-order valence-corrected chi connectivity index (χ3v) is 3.16. The van der Waals surface area contributed by atoms with Crippen LogP contribution in [0.15, 0.2) is 36.4 Å². The summed E-state index contributed by atoms with van der Waals surface area (Å²) < 4.78 is 71.8. The molecule has 0 aliphatic carbocycles. The molecule has 0 heterocycles. The van der Waals surface area contributed by atoms with Crippen molar-refractivity contribution in [3.05, 3.63) is 57.6 Å². The number of hydrogen-bond donors (Lipinski definition) is 2. The van der Waals surface area contributed by atoms with Gasteiger partial charge in [0, 0.05) is 17.4 Å². The average Bonchev–Trinajstić information content (AvgIpc) is 2.43. The molecule has 2 N–H and O–H groups in total.